The molecule has 0 atom stereocenters. The van der Waals surface area contributed by atoms with E-state index in [1.165, 1.54) is 0 Å². The van der Waals surface area contributed by atoms with Crippen LogP contribution in [0.1, 0.15) is 11.3 Å². The van der Waals surface area contributed by atoms with Gasteiger partial charge in [-0.25, -0.2) is 0 Å². The summed E-state index contributed by atoms with van der Waals surface area (Å²) >= 11 is 5.12. The fraction of sp³-hybridized carbons (Fsp3) is 0.0769. The van der Waals surface area contributed by atoms with E-state index in [0.717, 1.165) is 11.3 Å². The van der Waals surface area contributed by atoms with E-state index in [0.29, 0.717) is 10.9 Å². The molecule has 2 N–H and O–H groups in total. The van der Waals surface area contributed by atoms with Gasteiger partial charge in [-0.2, -0.15) is 5.10 Å². The Hall–Kier alpha value is -2.14. The molecule has 0 bridgehead atoms. The summed E-state index contributed by atoms with van der Waals surface area (Å²) < 4.78 is 5.10. The number of anilines is 1. The van der Waals surface area contributed by atoms with E-state index in [9.17, 15) is 0 Å². The van der Waals surface area contributed by atoms with E-state index >= 15 is 0 Å². The van der Waals surface area contributed by atoms with Crippen molar-refractivity contribution in [2.24, 2.45) is 5.10 Å². The van der Waals surface area contributed by atoms with Gasteiger partial charge in [-0.15, -0.1) is 0 Å². The molecule has 1 heterocycles. The van der Waals surface area contributed by atoms with Crippen LogP contribution in [0.4, 0.5) is 5.69 Å². The van der Waals surface area contributed by atoms with Crippen molar-refractivity contribution in [3.63, 3.8) is 0 Å². The van der Waals surface area contributed by atoms with Gasteiger partial charge in [-0.3, -0.25) is 5.43 Å². The summed E-state index contributed by atoms with van der Waals surface area (Å²) in [5.41, 5.74) is 4.81. The second-order valence-corrected chi connectivity index (χ2v) is 4.06. The molecule has 0 saturated heterocycles. The Labute approximate surface area is 111 Å². The van der Waals surface area contributed by atoms with Gasteiger partial charge < -0.3 is 9.73 Å². The molecule has 0 fully saturated rings. The van der Waals surface area contributed by atoms with Crippen molar-refractivity contribution in [1.82, 2.24) is 5.43 Å². The first-order valence-electron chi connectivity index (χ1n) is 5.45. The number of nitrogens with zero attached hydrogens (tertiary/aromatic N) is 1. The molecule has 1 aromatic carbocycles. The number of para-hydroxylation sites is 1. The summed E-state index contributed by atoms with van der Waals surface area (Å²) in [5, 5.41) is 7.47. The highest BCUT2D eigenvalue weighted by molar-refractivity contribution is 7.80. The first-order valence-corrected chi connectivity index (χ1v) is 5.86. The third kappa shape index (κ3) is 3.43. The number of thiocarbonyl (C=S) groups is 1. The average molecular weight is 259 g/mol. The molecule has 4 nitrogen and oxygen atoms in total. The molecule has 0 spiro atoms. The number of hydrazone groups is 1. The first kappa shape index (κ1) is 12.3. The summed E-state index contributed by atoms with van der Waals surface area (Å²) in [7, 11) is 0. The molecule has 2 aromatic rings. The monoisotopic (exact) mass is 259 g/mol. The number of hydrogen-bond acceptors (Lipinski definition) is 3. The molecule has 18 heavy (non-hydrogen) atoms. The number of hydrogen-bond donors (Lipinski definition) is 2. The van der Waals surface area contributed by atoms with Crippen LogP contribution in [0.15, 0.2) is 52.2 Å². The maximum atomic E-state index is 5.12. The molecule has 0 radical (unpaired) electrons. The number of aryl methyl sites for hydroxylation is 1. The highest BCUT2D eigenvalue weighted by Gasteiger charge is 1.98. The molecule has 0 aliphatic carbocycles. The molecule has 92 valence electrons. The zero-order chi connectivity index (χ0) is 12.8. The lowest BCUT2D eigenvalue weighted by Gasteiger charge is -2.08. The van der Waals surface area contributed by atoms with Crippen molar-refractivity contribution < 1.29 is 4.42 Å². The van der Waals surface area contributed by atoms with Gasteiger partial charge in [0, 0.05) is 5.69 Å². The first-order chi connectivity index (χ1) is 8.75. The third-order valence-electron chi connectivity index (χ3n) is 2.29. The van der Waals surface area contributed by atoms with Gasteiger partial charge in [0.2, 0.25) is 0 Å². The predicted octanol–water partition coefficient (Wildman–Crippen LogP) is 2.91. The average Bonchev–Trinajstić information content (AvgIpc) is 2.85. The minimum Gasteiger partial charge on any atom is -0.463 e. The van der Waals surface area contributed by atoms with Crippen LogP contribution >= 0.6 is 12.2 Å². The largest absolute Gasteiger partial charge is 0.463 e. The van der Waals surface area contributed by atoms with Crippen LogP contribution < -0.4 is 10.7 Å². The second kappa shape index (κ2) is 5.97. The van der Waals surface area contributed by atoms with Crippen LogP contribution in [0.25, 0.3) is 0 Å². The zero-order valence-electron chi connectivity index (χ0n) is 9.88. The topological polar surface area (TPSA) is 49.6 Å². The molecule has 0 unspecified atom stereocenters. The van der Waals surface area contributed by atoms with Crippen molar-refractivity contribution in [2.75, 3.05) is 5.32 Å². The van der Waals surface area contributed by atoms with Crippen molar-refractivity contribution in [3.05, 3.63) is 54.0 Å². The highest BCUT2D eigenvalue weighted by atomic mass is 32.1. The Morgan fingerprint density at radius 2 is 2.11 bits per heavy atom. The molecule has 0 saturated carbocycles. The minimum absolute atomic E-state index is 0.437. The van der Waals surface area contributed by atoms with Gasteiger partial charge in [-0.05, 0) is 42.9 Å². The summed E-state index contributed by atoms with van der Waals surface area (Å²) in [4.78, 5) is 0. The van der Waals surface area contributed by atoms with Gasteiger partial charge in [-0.1, -0.05) is 18.2 Å². The second-order valence-electron chi connectivity index (χ2n) is 3.65. The number of nitrogens with one attached hydrogen (secondary N) is 2. The number of rotatable bonds is 3. The lowest BCUT2D eigenvalue weighted by atomic mass is 10.2. The number of furan rings is 1. The maximum Gasteiger partial charge on any atom is 0.191 e. The highest BCUT2D eigenvalue weighted by Crippen LogP contribution is 2.12. The Balaban J connectivity index is 1.88. The minimum atomic E-state index is 0.437. The van der Waals surface area contributed by atoms with Crippen LogP contribution in [0.5, 0.6) is 0 Å². The van der Waals surface area contributed by atoms with E-state index in [2.05, 4.69) is 15.8 Å². The fourth-order valence-electron chi connectivity index (χ4n) is 1.38. The van der Waals surface area contributed by atoms with Crippen LogP contribution in [0.3, 0.4) is 0 Å². The van der Waals surface area contributed by atoms with Crippen LogP contribution in [-0.2, 0) is 0 Å². The van der Waals surface area contributed by atoms with E-state index in [-0.39, 0.29) is 0 Å². The summed E-state index contributed by atoms with van der Waals surface area (Å²) in [5.74, 6) is 0.668. The van der Waals surface area contributed by atoms with Gasteiger partial charge in [0.1, 0.15) is 5.76 Å². The predicted molar refractivity (Wildman–Crippen MR) is 76.8 cm³/mol. The van der Waals surface area contributed by atoms with Crippen LogP contribution in [-0.4, -0.2) is 11.3 Å². The van der Waals surface area contributed by atoms with Crippen molar-refractivity contribution in [1.29, 1.82) is 0 Å². The molecule has 1 aromatic heterocycles. The summed E-state index contributed by atoms with van der Waals surface area (Å²) in [6.07, 6.45) is 3.15. The van der Waals surface area contributed by atoms with E-state index in [1.54, 1.807) is 18.5 Å². The SMILES string of the molecule is Cc1ccccc1NC(=S)N/N=C\c1ccco1. The third-order valence-corrected chi connectivity index (χ3v) is 2.49. The maximum absolute atomic E-state index is 5.12. The summed E-state index contributed by atoms with van der Waals surface area (Å²) in [6, 6.07) is 11.5. The van der Waals surface area contributed by atoms with E-state index < -0.39 is 0 Å². The lowest BCUT2D eigenvalue weighted by Crippen LogP contribution is -2.24. The Kier molecular flexibility index (Phi) is 4.09. The quantitative estimate of drug-likeness (QED) is 0.505. The summed E-state index contributed by atoms with van der Waals surface area (Å²) in [6.45, 7) is 2.01. The molecule has 5 heteroatoms. The van der Waals surface area contributed by atoms with E-state index in [1.807, 2.05) is 37.3 Å². The fourth-order valence-corrected chi connectivity index (χ4v) is 1.55. The van der Waals surface area contributed by atoms with Crippen molar-refractivity contribution in [2.45, 2.75) is 6.92 Å². The van der Waals surface area contributed by atoms with Crippen LogP contribution in [0.2, 0.25) is 0 Å². The normalized spacial score (nSPS) is 10.5. The Morgan fingerprint density at radius 1 is 1.28 bits per heavy atom. The lowest BCUT2D eigenvalue weighted by molar-refractivity contribution is 0.560. The zero-order valence-corrected chi connectivity index (χ0v) is 10.7. The van der Waals surface area contributed by atoms with Gasteiger partial charge in [0.05, 0.1) is 12.5 Å². The molecular formula is C13H13N3OS. The molecule has 0 amide bonds. The molecule has 0 aliphatic heterocycles. The number of benzene rings is 1. The van der Waals surface area contributed by atoms with Crippen molar-refractivity contribution >= 4 is 29.2 Å². The smallest absolute Gasteiger partial charge is 0.191 e. The molecule has 0 aliphatic rings. The van der Waals surface area contributed by atoms with E-state index in [4.69, 9.17) is 16.6 Å². The van der Waals surface area contributed by atoms with Crippen LogP contribution in [0, 0.1) is 6.92 Å². The van der Waals surface area contributed by atoms with Gasteiger partial charge in [0.25, 0.3) is 0 Å². The molecule has 2 rings (SSSR count). The molecular weight excluding hydrogens is 246 g/mol. The van der Waals surface area contributed by atoms with Gasteiger partial charge >= 0.3 is 0 Å². The Bertz CT molecular complexity index is 549. The standard InChI is InChI=1S/C13H13N3OS/c1-10-5-2-3-7-12(10)15-13(18)16-14-9-11-6-4-8-17-11/h2-9H,1H3,(H2,15,16,18)/b14-9-. The Morgan fingerprint density at radius 3 is 2.83 bits per heavy atom. The van der Waals surface area contributed by atoms with Crippen molar-refractivity contribution in [3.8, 4) is 0 Å². The van der Waals surface area contributed by atoms with Gasteiger partial charge in [0.15, 0.2) is 5.11 Å².